The number of nitrogens with zero attached hydrogens (tertiary/aromatic N) is 1. The molecule has 7 heteroatoms. The van der Waals surface area contributed by atoms with Crippen LogP contribution in [0, 0.1) is 6.92 Å². The van der Waals surface area contributed by atoms with E-state index in [0.29, 0.717) is 20.9 Å². The molecular formula is C12H10BrClN2O2S. The second-order valence-corrected chi connectivity index (χ2v) is 6.76. The van der Waals surface area contributed by atoms with Gasteiger partial charge in [-0.05, 0) is 53.2 Å². The van der Waals surface area contributed by atoms with Crippen LogP contribution in [0.25, 0.3) is 0 Å². The third-order valence-corrected chi connectivity index (χ3v) is 5.03. The van der Waals surface area contributed by atoms with Crippen molar-refractivity contribution in [1.29, 1.82) is 0 Å². The first-order valence-electron chi connectivity index (χ1n) is 5.29. The molecule has 0 saturated heterocycles. The summed E-state index contributed by atoms with van der Waals surface area (Å²) >= 11 is 9.05. The molecule has 0 atom stereocenters. The number of rotatable bonds is 3. The van der Waals surface area contributed by atoms with Crippen LogP contribution in [0.4, 0.5) is 5.69 Å². The van der Waals surface area contributed by atoms with Crippen molar-refractivity contribution in [2.75, 3.05) is 4.72 Å². The number of pyridine rings is 1. The predicted octanol–water partition coefficient (Wildman–Crippen LogP) is 3.61. The Labute approximate surface area is 125 Å². The number of aryl methyl sites for hydroxylation is 1. The molecule has 0 aliphatic rings. The van der Waals surface area contributed by atoms with Crippen LogP contribution in [-0.4, -0.2) is 13.4 Å². The lowest BCUT2D eigenvalue weighted by Crippen LogP contribution is -2.14. The number of halogens is 2. The molecule has 2 aromatic rings. The van der Waals surface area contributed by atoms with E-state index in [2.05, 4.69) is 25.6 Å². The number of sulfonamides is 1. The fourth-order valence-corrected chi connectivity index (χ4v) is 3.23. The van der Waals surface area contributed by atoms with Gasteiger partial charge in [0, 0.05) is 10.7 Å². The molecule has 2 rings (SSSR count). The standard InChI is InChI=1S/C12H10BrClN2O2S/c1-8-12(3-2-6-15-8)16-19(17,18)9-4-5-11(14)10(13)7-9/h2-7,16H,1H3. The summed E-state index contributed by atoms with van der Waals surface area (Å²) in [5.74, 6) is 0. The van der Waals surface area contributed by atoms with Crippen LogP contribution in [0.3, 0.4) is 0 Å². The highest BCUT2D eigenvalue weighted by Crippen LogP contribution is 2.26. The maximum Gasteiger partial charge on any atom is 0.261 e. The van der Waals surface area contributed by atoms with Crippen molar-refractivity contribution in [3.63, 3.8) is 0 Å². The average Bonchev–Trinajstić information content (AvgIpc) is 2.35. The molecule has 0 aliphatic heterocycles. The first-order chi connectivity index (χ1) is 8.90. The minimum Gasteiger partial charge on any atom is -0.278 e. The second kappa shape index (κ2) is 5.48. The summed E-state index contributed by atoms with van der Waals surface area (Å²) < 4.78 is 27.5. The number of hydrogen-bond acceptors (Lipinski definition) is 3. The van der Waals surface area contributed by atoms with Gasteiger partial charge in [0.1, 0.15) is 0 Å². The van der Waals surface area contributed by atoms with E-state index < -0.39 is 10.0 Å². The molecule has 1 aromatic heterocycles. The van der Waals surface area contributed by atoms with Crippen LogP contribution in [0.15, 0.2) is 45.9 Å². The van der Waals surface area contributed by atoms with Gasteiger partial charge in [0.05, 0.1) is 21.3 Å². The summed E-state index contributed by atoms with van der Waals surface area (Å²) in [6.45, 7) is 1.73. The lowest BCUT2D eigenvalue weighted by molar-refractivity contribution is 0.601. The van der Waals surface area contributed by atoms with Crippen molar-refractivity contribution in [2.24, 2.45) is 0 Å². The molecule has 100 valence electrons. The Bertz CT molecular complexity index is 719. The van der Waals surface area contributed by atoms with Crippen LogP contribution in [0.5, 0.6) is 0 Å². The van der Waals surface area contributed by atoms with Gasteiger partial charge in [0.25, 0.3) is 10.0 Å². The maximum absolute atomic E-state index is 12.2. The van der Waals surface area contributed by atoms with Crippen LogP contribution in [-0.2, 0) is 10.0 Å². The Morgan fingerprint density at radius 2 is 2.05 bits per heavy atom. The van der Waals surface area contributed by atoms with Gasteiger partial charge >= 0.3 is 0 Å². The van der Waals surface area contributed by atoms with Crippen molar-refractivity contribution in [2.45, 2.75) is 11.8 Å². The van der Waals surface area contributed by atoms with Crippen molar-refractivity contribution < 1.29 is 8.42 Å². The van der Waals surface area contributed by atoms with Crippen LogP contribution < -0.4 is 4.72 Å². The van der Waals surface area contributed by atoms with Crippen LogP contribution in [0.1, 0.15) is 5.69 Å². The van der Waals surface area contributed by atoms with Gasteiger partial charge in [0.15, 0.2) is 0 Å². The number of hydrogen-bond donors (Lipinski definition) is 1. The molecule has 0 spiro atoms. The summed E-state index contributed by atoms with van der Waals surface area (Å²) in [7, 11) is -3.65. The van der Waals surface area contributed by atoms with Crippen molar-refractivity contribution in [3.8, 4) is 0 Å². The van der Waals surface area contributed by atoms with E-state index in [1.54, 1.807) is 25.3 Å². The van der Waals surface area contributed by atoms with Crippen LogP contribution in [0.2, 0.25) is 5.02 Å². The van der Waals surface area contributed by atoms with Crippen molar-refractivity contribution in [3.05, 3.63) is 51.7 Å². The number of aromatic nitrogens is 1. The van der Waals surface area contributed by atoms with E-state index in [-0.39, 0.29) is 4.90 Å². The zero-order valence-electron chi connectivity index (χ0n) is 9.89. The highest BCUT2D eigenvalue weighted by molar-refractivity contribution is 9.10. The highest BCUT2D eigenvalue weighted by atomic mass is 79.9. The molecule has 0 aliphatic carbocycles. The molecule has 0 amide bonds. The number of nitrogens with one attached hydrogen (secondary N) is 1. The Morgan fingerprint density at radius 1 is 1.32 bits per heavy atom. The smallest absolute Gasteiger partial charge is 0.261 e. The van der Waals surface area contributed by atoms with Gasteiger partial charge < -0.3 is 0 Å². The minimum absolute atomic E-state index is 0.132. The molecule has 0 unspecified atom stereocenters. The minimum atomic E-state index is -3.65. The lowest BCUT2D eigenvalue weighted by atomic mass is 10.3. The van der Waals surface area contributed by atoms with Gasteiger partial charge in [-0.25, -0.2) is 8.42 Å². The van der Waals surface area contributed by atoms with Gasteiger partial charge in [-0.3, -0.25) is 9.71 Å². The molecule has 1 aromatic carbocycles. The average molecular weight is 362 g/mol. The molecule has 0 bridgehead atoms. The van der Waals surface area contributed by atoms with E-state index in [1.807, 2.05) is 0 Å². The maximum atomic E-state index is 12.2. The first kappa shape index (κ1) is 14.3. The Hall–Kier alpha value is -1.11. The number of anilines is 1. The third kappa shape index (κ3) is 3.26. The summed E-state index contributed by atoms with van der Waals surface area (Å²) in [6.07, 6.45) is 1.60. The van der Waals surface area contributed by atoms with Crippen molar-refractivity contribution in [1.82, 2.24) is 4.98 Å². The topological polar surface area (TPSA) is 59.1 Å². The third-order valence-electron chi connectivity index (χ3n) is 2.45. The fourth-order valence-electron chi connectivity index (χ4n) is 1.44. The van der Waals surface area contributed by atoms with Crippen LogP contribution >= 0.6 is 27.5 Å². The molecule has 1 heterocycles. The van der Waals surface area contributed by atoms with E-state index in [4.69, 9.17) is 11.6 Å². The molecule has 1 N–H and O–H groups in total. The Balaban J connectivity index is 2.38. The van der Waals surface area contributed by atoms with Gasteiger partial charge in [-0.15, -0.1) is 0 Å². The van der Waals surface area contributed by atoms with Gasteiger partial charge in [-0.2, -0.15) is 0 Å². The highest BCUT2D eigenvalue weighted by Gasteiger charge is 2.16. The molecule has 19 heavy (non-hydrogen) atoms. The zero-order chi connectivity index (χ0) is 14.0. The second-order valence-electron chi connectivity index (χ2n) is 3.82. The Kier molecular flexibility index (Phi) is 4.13. The fraction of sp³-hybridized carbons (Fsp3) is 0.0833. The Morgan fingerprint density at radius 3 is 2.68 bits per heavy atom. The molecule has 0 saturated carbocycles. The molecular weight excluding hydrogens is 352 g/mol. The monoisotopic (exact) mass is 360 g/mol. The van der Waals surface area contributed by atoms with Gasteiger partial charge in [-0.1, -0.05) is 11.6 Å². The summed E-state index contributed by atoms with van der Waals surface area (Å²) in [5.41, 5.74) is 1.06. The molecule has 0 fully saturated rings. The summed E-state index contributed by atoms with van der Waals surface area (Å²) in [4.78, 5) is 4.16. The van der Waals surface area contributed by atoms with E-state index in [1.165, 1.54) is 18.2 Å². The largest absolute Gasteiger partial charge is 0.278 e. The first-order valence-corrected chi connectivity index (χ1v) is 7.95. The lowest BCUT2D eigenvalue weighted by Gasteiger charge is -2.10. The van der Waals surface area contributed by atoms with Gasteiger partial charge in [0.2, 0.25) is 0 Å². The zero-order valence-corrected chi connectivity index (χ0v) is 13.1. The van der Waals surface area contributed by atoms with E-state index >= 15 is 0 Å². The molecule has 0 radical (unpaired) electrons. The van der Waals surface area contributed by atoms with Crippen molar-refractivity contribution >= 4 is 43.2 Å². The summed E-state index contributed by atoms with van der Waals surface area (Å²) in [6, 6.07) is 7.75. The normalized spacial score (nSPS) is 11.3. The number of benzene rings is 1. The summed E-state index contributed by atoms with van der Waals surface area (Å²) in [5, 5.41) is 0.455. The SMILES string of the molecule is Cc1ncccc1NS(=O)(=O)c1ccc(Cl)c(Br)c1. The quantitative estimate of drug-likeness (QED) is 0.908. The predicted molar refractivity (Wildman–Crippen MR) is 78.9 cm³/mol. The molecule has 4 nitrogen and oxygen atoms in total. The van der Waals surface area contributed by atoms with E-state index in [0.717, 1.165) is 0 Å². The van der Waals surface area contributed by atoms with E-state index in [9.17, 15) is 8.42 Å².